The van der Waals surface area contributed by atoms with Gasteiger partial charge in [0, 0.05) is 16.9 Å². The monoisotopic (exact) mass is 298 g/mol. The fourth-order valence-electron chi connectivity index (χ4n) is 1.45. The van der Waals surface area contributed by atoms with E-state index in [9.17, 15) is 4.79 Å². The van der Waals surface area contributed by atoms with E-state index >= 15 is 0 Å². The molecule has 1 unspecified atom stereocenters. The number of rotatable bonds is 5. The normalized spacial score (nSPS) is 12.2. The Morgan fingerprint density at radius 1 is 1.47 bits per heavy atom. The van der Waals surface area contributed by atoms with Crippen LogP contribution in [0.4, 0.5) is 5.69 Å². The number of hydrogen-bond donors (Lipinski definition) is 2. The zero-order chi connectivity index (χ0) is 12.8. The molecule has 0 radical (unpaired) electrons. The fourth-order valence-corrected chi connectivity index (χ4v) is 1.82. The first-order chi connectivity index (χ1) is 8.06. The van der Waals surface area contributed by atoms with Crippen molar-refractivity contribution in [2.24, 2.45) is 5.92 Å². The van der Waals surface area contributed by atoms with Gasteiger partial charge in [-0.25, -0.2) is 0 Å². The van der Waals surface area contributed by atoms with Crippen LogP contribution in [0, 0.1) is 12.8 Å². The molecule has 0 spiro atoms. The maximum Gasteiger partial charge on any atom is 0.228 e. The molecular weight excluding hydrogens is 280 g/mol. The van der Waals surface area contributed by atoms with Gasteiger partial charge in [-0.1, -0.05) is 26.0 Å². The lowest BCUT2D eigenvalue weighted by Gasteiger charge is -2.14. The second-order valence-electron chi connectivity index (χ2n) is 4.13. The number of carbonyl (C=O) groups excluding carboxylic acids is 1. The van der Waals surface area contributed by atoms with Crippen LogP contribution in [0.2, 0.25) is 0 Å². The molecule has 0 aliphatic carbocycles. The van der Waals surface area contributed by atoms with E-state index in [0.717, 1.165) is 22.3 Å². The molecule has 3 nitrogen and oxygen atoms in total. The van der Waals surface area contributed by atoms with Gasteiger partial charge in [0.2, 0.25) is 5.91 Å². The molecule has 0 saturated carbocycles. The van der Waals surface area contributed by atoms with Gasteiger partial charge >= 0.3 is 0 Å². The minimum absolute atomic E-state index is 0.0391. The Hall–Kier alpha value is -0.870. The van der Waals surface area contributed by atoms with Crippen molar-refractivity contribution in [3.05, 3.63) is 28.2 Å². The van der Waals surface area contributed by atoms with Crippen molar-refractivity contribution in [2.75, 3.05) is 18.4 Å². The summed E-state index contributed by atoms with van der Waals surface area (Å²) in [6, 6.07) is 5.83. The van der Waals surface area contributed by atoms with Gasteiger partial charge in [-0.2, -0.15) is 0 Å². The summed E-state index contributed by atoms with van der Waals surface area (Å²) in [5, 5.41) is 6.10. The molecule has 2 N–H and O–H groups in total. The van der Waals surface area contributed by atoms with Crippen LogP contribution in [0.1, 0.15) is 19.4 Å². The van der Waals surface area contributed by atoms with E-state index in [-0.39, 0.29) is 11.8 Å². The van der Waals surface area contributed by atoms with Crippen molar-refractivity contribution in [3.63, 3.8) is 0 Å². The molecule has 4 heteroatoms. The van der Waals surface area contributed by atoms with Crippen LogP contribution in [0.3, 0.4) is 0 Å². The molecule has 94 valence electrons. The summed E-state index contributed by atoms with van der Waals surface area (Å²) in [4.78, 5) is 11.9. The number of aryl methyl sites for hydroxylation is 1. The Bertz CT molecular complexity index is 393. The van der Waals surface area contributed by atoms with E-state index in [1.54, 1.807) is 0 Å². The Balaban J connectivity index is 2.64. The highest BCUT2D eigenvalue weighted by Crippen LogP contribution is 2.25. The minimum atomic E-state index is -0.0395. The van der Waals surface area contributed by atoms with E-state index in [0.29, 0.717) is 6.54 Å². The van der Waals surface area contributed by atoms with E-state index in [4.69, 9.17) is 0 Å². The van der Waals surface area contributed by atoms with Gasteiger partial charge < -0.3 is 10.6 Å². The highest BCUT2D eigenvalue weighted by molar-refractivity contribution is 9.10. The first-order valence-corrected chi connectivity index (χ1v) is 6.62. The lowest BCUT2D eigenvalue weighted by Crippen LogP contribution is -2.30. The smallest absolute Gasteiger partial charge is 0.228 e. The predicted molar refractivity (Wildman–Crippen MR) is 75.2 cm³/mol. The third kappa shape index (κ3) is 4.13. The number of anilines is 1. The van der Waals surface area contributed by atoms with Crippen molar-refractivity contribution in [2.45, 2.75) is 20.8 Å². The third-order valence-corrected chi connectivity index (χ3v) is 3.65. The first kappa shape index (κ1) is 14.2. The number of nitrogens with one attached hydrogen (secondary N) is 2. The summed E-state index contributed by atoms with van der Waals surface area (Å²) in [5.41, 5.74) is 1.94. The zero-order valence-electron chi connectivity index (χ0n) is 10.5. The van der Waals surface area contributed by atoms with Crippen LogP contribution in [0.5, 0.6) is 0 Å². The molecule has 17 heavy (non-hydrogen) atoms. The quantitative estimate of drug-likeness (QED) is 0.877. The van der Waals surface area contributed by atoms with Crippen molar-refractivity contribution >= 4 is 27.5 Å². The summed E-state index contributed by atoms with van der Waals surface area (Å²) in [5.74, 6) is -0.000359. The van der Waals surface area contributed by atoms with Gasteiger partial charge in [0.05, 0.1) is 5.69 Å². The van der Waals surface area contributed by atoms with Crippen LogP contribution in [-0.2, 0) is 4.79 Å². The molecule has 0 fully saturated rings. The highest BCUT2D eigenvalue weighted by atomic mass is 79.9. The summed E-state index contributed by atoms with van der Waals surface area (Å²) in [6.07, 6.45) is 0. The van der Waals surface area contributed by atoms with Gasteiger partial charge in [-0.05, 0) is 41.0 Å². The van der Waals surface area contributed by atoms with E-state index in [1.807, 2.05) is 39.0 Å². The zero-order valence-corrected chi connectivity index (χ0v) is 12.1. The van der Waals surface area contributed by atoms with E-state index < -0.39 is 0 Å². The molecule has 0 heterocycles. The molecule has 1 amide bonds. The molecule has 1 aromatic carbocycles. The molecule has 0 aliphatic heterocycles. The second-order valence-corrected chi connectivity index (χ2v) is 4.93. The van der Waals surface area contributed by atoms with Gasteiger partial charge in [-0.15, -0.1) is 0 Å². The van der Waals surface area contributed by atoms with Crippen LogP contribution in [-0.4, -0.2) is 19.0 Å². The maximum absolute atomic E-state index is 11.9. The standard InChI is InChI=1S/C13H19BrN2O/c1-4-15-8-10(3)13(17)16-11-7-5-6-9(2)12(11)14/h5-7,10,15H,4,8H2,1-3H3,(H,16,17). The largest absolute Gasteiger partial charge is 0.325 e. The Labute approximate surface area is 111 Å². The SMILES string of the molecule is CCNCC(C)C(=O)Nc1cccc(C)c1Br. The Morgan fingerprint density at radius 3 is 2.82 bits per heavy atom. The molecule has 0 aliphatic rings. The summed E-state index contributed by atoms with van der Waals surface area (Å²) in [6.45, 7) is 7.53. The van der Waals surface area contributed by atoms with Crippen molar-refractivity contribution in [3.8, 4) is 0 Å². The van der Waals surface area contributed by atoms with Crippen molar-refractivity contribution in [1.29, 1.82) is 0 Å². The summed E-state index contributed by atoms with van der Waals surface area (Å²) < 4.78 is 0.948. The number of halogens is 1. The second kappa shape index (κ2) is 6.77. The van der Waals surface area contributed by atoms with Gasteiger partial charge in [0.1, 0.15) is 0 Å². The molecule has 1 rings (SSSR count). The number of benzene rings is 1. The fraction of sp³-hybridized carbons (Fsp3) is 0.462. The molecule has 1 atom stereocenters. The van der Waals surface area contributed by atoms with Gasteiger partial charge in [-0.3, -0.25) is 4.79 Å². The maximum atomic E-state index is 11.9. The number of carbonyl (C=O) groups is 1. The summed E-state index contributed by atoms with van der Waals surface area (Å²) >= 11 is 3.48. The number of hydrogen-bond acceptors (Lipinski definition) is 2. The lowest BCUT2D eigenvalue weighted by atomic mass is 10.1. The Morgan fingerprint density at radius 2 is 2.18 bits per heavy atom. The van der Waals surface area contributed by atoms with Crippen LogP contribution >= 0.6 is 15.9 Å². The molecule has 0 bridgehead atoms. The average Bonchev–Trinajstić information content (AvgIpc) is 2.31. The third-order valence-electron chi connectivity index (χ3n) is 2.60. The molecule has 0 saturated heterocycles. The van der Waals surface area contributed by atoms with Gasteiger partial charge in [0.25, 0.3) is 0 Å². The van der Waals surface area contributed by atoms with Crippen molar-refractivity contribution in [1.82, 2.24) is 5.32 Å². The van der Waals surface area contributed by atoms with Crippen LogP contribution < -0.4 is 10.6 Å². The topological polar surface area (TPSA) is 41.1 Å². The van der Waals surface area contributed by atoms with Crippen molar-refractivity contribution < 1.29 is 4.79 Å². The molecular formula is C13H19BrN2O. The lowest BCUT2D eigenvalue weighted by molar-refractivity contribution is -0.119. The van der Waals surface area contributed by atoms with E-state index in [1.165, 1.54) is 0 Å². The predicted octanol–water partition coefficient (Wildman–Crippen LogP) is 2.94. The Kier molecular flexibility index (Phi) is 5.65. The van der Waals surface area contributed by atoms with E-state index in [2.05, 4.69) is 26.6 Å². The molecule has 1 aromatic rings. The minimum Gasteiger partial charge on any atom is -0.325 e. The van der Waals surface area contributed by atoms with Crippen LogP contribution in [0.15, 0.2) is 22.7 Å². The summed E-state index contributed by atoms with van der Waals surface area (Å²) in [7, 11) is 0. The molecule has 0 aromatic heterocycles. The average molecular weight is 299 g/mol. The van der Waals surface area contributed by atoms with Gasteiger partial charge in [0.15, 0.2) is 0 Å². The highest BCUT2D eigenvalue weighted by Gasteiger charge is 2.13. The van der Waals surface area contributed by atoms with Crippen LogP contribution in [0.25, 0.3) is 0 Å². The number of amides is 1. The first-order valence-electron chi connectivity index (χ1n) is 5.83.